The average molecular weight is 412 g/mol. The van der Waals surface area contributed by atoms with Crippen molar-refractivity contribution in [2.45, 2.75) is 12.8 Å². The fraction of sp³-hybridized carbons (Fsp3) is 0.167. The molecule has 0 saturated carbocycles. The SMILES string of the molecule is COc1c(CO)ccc(Cl)c1-c1nc(-c2ccc(C(F)(F)F)cc2)nc(=O)[nH]1. The highest BCUT2D eigenvalue weighted by Gasteiger charge is 2.30. The van der Waals surface area contributed by atoms with Gasteiger partial charge < -0.3 is 9.84 Å². The zero-order valence-electron chi connectivity index (χ0n) is 14.3. The van der Waals surface area contributed by atoms with Crippen molar-refractivity contribution < 1.29 is 23.0 Å². The van der Waals surface area contributed by atoms with Crippen LogP contribution in [0.15, 0.2) is 41.2 Å². The van der Waals surface area contributed by atoms with Gasteiger partial charge in [0.1, 0.15) is 11.6 Å². The quantitative estimate of drug-likeness (QED) is 0.684. The molecule has 0 spiro atoms. The van der Waals surface area contributed by atoms with Crippen LogP contribution >= 0.6 is 11.6 Å². The van der Waals surface area contributed by atoms with Crippen LogP contribution in [0, 0.1) is 0 Å². The standard InChI is InChI=1S/C18H13ClF3N3O3/c1-28-14-10(8-26)4-7-12(19)13(14)16-23-15(24-17(27)25-16)9-2-5-11(6-3-9)18(20,21)22/h2-7,26H,8H2,1H3,(H,23,24,25,27). The van der Waals surface area contributed by atoms with Crippen molar-refractivity contribution in [2.24, 2.45) is 0 Å². The van der Waals surface area contributed by atoms with Gasteiger partial charge in [0.2, 0.25) is 0 Å². The number of H-pyrrole nitrogens is 1. The van der Waals surface area contributed by atoms with Crippen molar-refractivity contribution in [2.75, 3.05) is 7.11 Å². The summed E-state index contributed by atoms with van der Waals surface area (Å²) in [7, 11) is 1.37. The molecule has 3 rings (SSSR count). The van der Waals surface area contributed by atoms with Gasteiger partial charge in [-0.3, -0.25) is 4.98 Å². The van der Waals surface area contributed by atoms with Gasteiger partial charge in [-0.05, 0) is 18.2 Å². The predicted octanol–water partition coefficient (Wildman–Crippen LogP) is 3.67. The maximum atomic E-state index is 12.7. The van der Waals surface area contributed by atoms with E-state index in [2.05, 4.69) is 15.0 Å². The molecule has 0 radical (unpaired) electrons. The number of aliphatic hydroxyl groups excluding tert-OH is 1. The van der Waals surface area contributed by atoms with Crippen LogP contribution in [0.25, 0.3) is 22.8 Å². The third-order valence-electron chi connectivity index (χ3n) is 3.92. The summed E-state index contributed by atoms with van der Waals surface area (Å²) in [4.78, 5) is 22.4. The average Bonchev–Trinajstić information content (AvgIpc) is 2.66. The fourth-order valence-electron chi connectivity index (χ4n) is 2.62. The summed E-state index contributed by atoms with van der Waals surface area (Å²) < 4.78 is 43.5. The van der Waals surface area contributed by atoms with E-state index in [1.165, 1.54) is 25.3 Å². The van der Waals surface area contributed by atoms with E-state index in [0.717, 1.165) is 12.1 Å². The van der Waals surface area contributed by atoms with E-state index >= 15 is 0 Å². The molecule has 1 heterocycles. The number of hydrogen-bond acceptors (Lipinski definition) is 5. The van der Waals surface area contributed by atoms with Crippen LogP contribution in [0.2, 0.25) is 5.02 Å². The van der Waals surface area contributed by atoms with E-state index in [1.54, 1.807) is 6.07 Å². The van der Waals surface area contributed by atoms with Crippen LogP contribution in [0.5, 0.6) is 5.75 Å². The summed E-state index contributed by atoms with van der Waals surface area (Å²) in [5.74, 6) is 0.134. The highest BCUT2D eigenvalue weighted by Crippen LogP contribution is 2.37. The number of aromatic nitrogens is 3. The number of nitrogens with zero attached hydrogens (tertiary/aromatic N) is 2. The minimum absolute atomic E-state index is 0.00653. The molecule has 146 valence electrons. The first-order valence-electron chi connectivity index (χ1n) is 7.87. The van der Waals surface area contributed by atoms with Crippen LogP contribution in [0.1, 0.15) is 11.1 Å². The van der Waals surface area contributed by atoms with Crippen LogP contribution in [0.4, 0.5) is 13.2 Å². The van der Waals surface area contributed by atoms with Crippen LogP contribution in [0.3, 0.4) is 0 Å². The monoisotopic (exact) mass is 411 g/mol. The molecule has 0 fully saturated rings. The van der Waals surface area contributed by atoms with Gasteiger partial charge in [-0.1, -0.05) is 29.8 Å². The number of aliphatic hydroxyl groups is 1. The second-order valence-electron chi connectivity index (χ2n) is 5.67. The molecule has 10 heteroatoms. The van der Waals surface area contributed by atoms with Crippen molar-refractivity contribution in [3.63, 3.8) is 0 Å². The van der Waals surface area contributed by atoms with E-state index in [4.69, 9.17) is 16.3 Å². The van der Waals surface area contributed by atoms with Gasteiger partial charge in [0.25, 0.3) is 0 Å². The number of rotatable bonds is 4. The predicted molar refractivity (Wildman–Crippen MR) is 96.0 cm³/mol. The first-order chi connectivity index (χ1) is 13.2. The molecule has 0 bridgehead atoms. The Morgan fingerprint density at radius 2 is 1.82 bits per heavy atom. The molecule has 1 aromatic heterocycles. The van der Waals surface area contributed by atoms with Crippen molar-refractivity contribution in [3.8, 4) is 28.5 Å². The molecular formula is C18H13ClF3N3O3. The number of hydrogen-bond donors (Lipinski definition) is 2. The molecular weight excluding hydrogens is 399 g/mol. The molecule has 2 aromatic carbocycles. The summed E-state index contributed by atoms with van der Waals surface area (Å²) in [5, 5.41) is 9.67. The second kappa shape index (κ2) is 7.61. The van der Waals surface area contributed by atoms with E-state index < -0.39 is 17.4 Å². The summed E-state index contributed by atoms with van der Waals surface area (Å²) in [6.07, 6.45) is -4.48. The lowest BCUT2D eigenvalue weighted by Gasteiger charge is -2.14. The lowest BCUT2D eigenvalue weighted by Crippen LogP contribution is -2.15. The van der Waals surface area contributed by atoms with Crippen LogP contribution in [-0.2, 0) is 12.8 Å². The lowest BCUT2D eigenvalue weighted by molar-refractivity contribution is -0.137. The van der Waals surface area contributed by atoms with Gasteiger partial charge in [0.05, 0.1) is 29.9 Å². The molecule has 0 saturated heterocycles. The maximum Gasteiger partial charge on any atom is 0.416 e. The number of benzene rings is 2. The minimum atomic E-state index is -4.48. The Hall–Kier alpha value is -2.91. The molecule has 28 heavy (non-hydrogen) atoms. The fourth-order valence-corrected chi connectivity index (χ4v) is 2.86. The van der Waals surface area contributed by atoms with Crippen molar-refractivity contribution in [1.29, 1.82) is 0 Å². The van der Waals surface area contributed by atoms with Gasteiger partial charge in [-0.2, -0.15) is 18.2 Å². The summed E-state index contributed by atoms with van der Waals surface area (Å²) in [6.45, 7) is -0.339. The lowest BCUT2D eigenvalue weighted by atomic mass is 10.1. The van der Waals surface area contributed by atoms with Gasteiger partial charge in [0.15, 0.2) is 5.82 Å². The van der Waals surface area contributed by atoms with Gasteiger partial charge in [-0.15, -0.1) is 0 Å². The zero-order valence-corrected chi connectivity index (χ0v) is 15.1. The number of methoxy groups -OCH3 is 1. The Morgan fingerprint density at radius 3 is 2.39 bits per heavy atom. The number of ether oxygens (including phenoxy) is 1. The van der Waals surface area contributed by atoms with Gasteiger partial charge >= 0.3 is 11.9 Å². The molecule has 0 aliphatic rings. The highest BCUT2D eigenvalue weighted by atomic mass is 35.5. The Balaban J connectivity index is 2.15. The third kappa shape index (κ3) is 3.85. The van der Waals surface area contributed by atoms with Crippen LogP contribution in [-0.4, -0.2) is 27.2 Å². The minimum Gasteiger partial charge on any atom is -0.496 e. The molecule has 0 unspecified atom stereocenters. The van der Waals surface area contributed by atoms with Crippen molar-refractivity contribution in [1.82, 2.24) is 15.0 Å². The Morgan fingerprint density at radius 1 is 1.14 bits per heavy atom. The molecule has 0 amide bonds. The molecule has 2 N–H and O–H groups in total. The first kappa shape index (κ1) is 19.8. The number of alkyl halides is 3. The van der Waals surface area contributed by atoms with Crippen molar-refractivity contribution in [3.05, 3.63) is 63.0 Å². The normalized spacial score (nSPS) is 11.5. The summed E-state index contributed by atoms with van der Waals surface area (Å²) >= 11 is 6.22. The topological polar surface area (TPSA) is 88.1 Å². The maximum absolute atomic E-state index is 12.7. The van der Waals surface area contributed by atoms with E-state index in [1.807, 2.05) is 0 Å². The number of aromatic amines is 1. The Bertz CT molecular complexity index is 1070. The molecule has 0 aliphatic carbocycles. The Kier molecular flexibility index (Phi) is 5.39. The molecule has 3 aromatic rings. The van der Waals surface area contributed by atoms with Gasteiger partial charge in [-0.25, -0.2) is 9.78 Å². The molecule has 6 nitrogen and oxygen atoms in total. The second-order valence-corrected chi connectivity index (χ2v) is 6.08. The zero-order chi connectivity index (χ0) is 20.5. The summed E-state index contributed by atoms with van der Waals surface area (Å²) in [6, 6.07) is 7.15. The van der Waals surface area contributed by atoms with Crippen molar-refractivity contribution >= 4 is 11.6 Å². The third-order valence-corrected chi connectivity index (χ3v) is 4.24. The largest absolute Gasteiger partial charge is 0.496 e. The molecule has 0 aliphatic heterocycles. The van der Waals surface area contributed by atoms with E-state index in [9.17, 15) is 23.1 Å². The van der Waals surface area contributed by atoms with E-state index in [0.29, 0.717) is 5.56 Å². The number of nitrogens with one attached hydrogen (secondary N) is 1. The van der Waals surface area contributed by atoms with E-state index in [-0.39, 0.29) is 40.2 Å². The van der Waals surface area contributed by atoms with Crippen LogP contribution < -0.4 is 10.4 Å². The number of halogens is 4. The molecule has 0 atom stereocenters. The Labute approximate surface area is 161 Å². The smallest absolute Gasteiger partial charge is 0.416 e. The summed E-state index contributed by atoms with van der Waals surface area (Å²) in [5.41, 5.74) is -0.747. The highest BCUT2D eigenvalue weighted by molar-refractivity contribution is 6.33. The van der Waals surface area contributed by atoms with Gasteiger partial charge in [0, 0.05) is 11.1 Å². The first-order valence-corrected chi connectivity index (χ1v) is 8.25.